The van der Waals surface area contributed by atoms with Crippen molar-refractivity contribution in [2.24, 2.45) is 0 Å². The average molecular weight is 209 g/mol. The Bertz CT molecular complexity index is 329. The zero-order valence-corrected chi connectivity index (χ0v) is 8.39. The Hall–Kier alpha value is -1.10. The predicted molar refractivity (Wildman–Crippen MR) is 55.7 cm³/mol. The van der Waals surface area contributed by atoms with Crippen LogP contribution in [0.25, 0.3) is 0 Å². The molecule has 0 bridgehead atoms. The van der Waals surface area contributed by atoms with Gasteiger partial charge in [-0.1, -0.05) is 12.1 Å². The first-order valence-electron chi connectivity index (χ1n) is 5.05. The van der Waals surface area contributed by atoms with E-state index >= 15 is 0 Å². The highest BCUT2D eigenvalue weighted by Crippen LogP contribution is 2.17. The number of hydrogen-bond donors (Lipinski definition) is 3. The van der Waals surface area contributed by atoms with Crippen LogP contribution in [-0.4, -0.2) is 35.5 Å². The average Bonchev–Trinajstić information content (AvgIpc) is 2.65. The molecule has 0 amide bonds. The zero-order valence-electron chi connectivity index (χ0n) is 8.39. The highest BCUT2D eigenvalue weighted by atomic mass is 16.5. The van der Waals surface area contributed by atoms with E-state index < -0.39 is 6.10 Å². The summed E-state index contributed by atoms with van der Waals surface area (Å²) >= 11 is 0. The molecule has 1 aromatic rings. The molecule has 0 aromatic heterocycles. The van der Waals surface area contributed by atoms with Crippen LogP contribution < -0.4 is 10.1 Å². The van der Waals surface area contributed by atoms with Crippen LogP contribution in [0, 0.1) is 0 Å². The van der Waals surface area contributed by atoms with Crippen LogP contribution in [0.5, 0.6) is 5.75 Å². The fourth-order valence-corrected chi connectivity index (χ4v) is 1.65. The minimum Gasteiger partial charge on any atom is -0.486 e. The van der Waals surface area contributed by atoms with E-state index in [-0.39, 0.29) is 12.7 Å². The lowest BCUT2D eigenvalue weighted by atomic mass is 10.2. The number of benzene rings is 1. The third-order valence-corrected chi connectivity index (χ3v) is 2.50. The number of aliphatic hydroxyl groups excluding tert-OH is 2. The minimum absolute atomic E-state index is 0.00265. The van der Waals surface area contributed by atoms with E-state index in [1.54, 1.807) is 6.07 Å². The van der Waals surface area contributed by atoms with Crippen molar-refractivity contribution in [3.05, 3.63) is 29.8 Å². The number of rotatable bonds is 3. The van der Waals surface area contributed by atoms with Gasteiger partial charge in [0, 0.05) is 13.1 Å². The summed E-state index contributed by atoms with van der Waals surface area (Å²) in [7, 11) is 0. The molecule has 1 aliphatic heterocycles. The summed E-state index contributed by atoms with van der Waals surface area (Å²) in [5, 5.41) is 21.5. The van der Waals surface area contributed by atoms with E-state index in [1.807, 2.05) is 18.2 Å². The Morgan fingerprint density at radius 3 is 2.93 bits per heavy atom. The summed E-state index contributed by atoms with van der Waals surface area (Å²) in [5.74, 6) is 0.689. The van der Waals surface area contributed by atoms with Crippen LogP contribution in [0.4, 0.5) is 0 Å². The predicted octanol–water partition coefficient (Wildman–Crippen LogP) is -0.110. The standard InChI is InChI=1S/C11H15NO3/c13-7-8-2-1-3-9(4-8)15-11-6-12-5-10(11)14/h1-4,10-14H,5-7H2. The van der Waals surface area contributed by atoms with Crippen LogP contribution in [0.3, 0.4) is 0 Å². The molecule has 82 valence electrons. The van der Waals surface area contributed by atoms with Crippen LogP contribution in [0.15, 0.2) is 24.3 Å². The minimum atomic E-state index is -0.456. The molecule has 1 aromatic carbocycles. The summed E-state index contributed by atoms with van der Waals surface area (Å²) in [6.07, 6.45) is -0.651. The molecule has 4 nitrogen and oxygen atoms in total. The van der Waals surface area contributed by atoms with Crippen molar-refractivity contribution >= 4 is 0 Å². The Labute approximate surface area is 88.5 Å². The quantitative estimate of drug-likeness (QED) is 0.650. The fourth-order valence-electron chi connectivity index (χ4n) is 1.65. The molecule has 4 heteroatoms. The van der Waals surface area contributed by atoms with E-state index in [1.165, 1.54) is 0 Å². The van der Waals surface area contributed by atoms with Crippen LogP contribution in [-0.2, 0) is 6.61 Å². The van der Waals surface area contributed by atoms with Crippen molar-refractivity contribution in [2.45, 2.75) is 18.8 Å². The highest BCUT2D eigenvalue weighted by molar-refractivity contribution is 5.28. The molecule has 0 aliphatic carbocycles. The van der Waals surface area contributed by atoms with Gasteiger partial charge in [-0.2, -0.15) is 0 Å². The van der Waals surface area contributed by atoms with Crippen molar-refractivity contribution in [1.29, 1.82) is 0 Å². The van der Waals surface area contributed by atoms with Crippen molar-refractivity contribution in [3.63, 3.8) is 0 Å². The van der Waals surface area contributed by atoms with E-state index in [9.17, 15) is 5.11 Å². The molecule has 15 heavy (non-hydrogen) atoms. The van der Waals surface area contributed by atoms with E-state index in [0.29, 0.717) is 18.8 Å². The molecule has 3 N–H and O–H groups in total. The molecule has 0 radical (unpaired) electrons. The second-order valence-electron chi connectivity index (χ2n) is 3.69. The van der Waals surface area contributed by atoms with Gasteiger partial charge in [-0.05, 0) is 17.7 Å². The van der Waals surface area contributed by atoms with Gasteiger partial charge in [0.15, 0.2) is 0 Å². The number of aliphatic hydroxyl groups is 2. The lowest BCUT2D eigenvalue weighted by Gasteiger charge is -2.16. The molecule has 2 unspecified atom stereocenters. The smallest absolute Gasteiger partial charge is 0.138 e. The molecule has 1 aliphatic rings. The molecular formula is C11H15NO3. The molecule has 0 spiro atoms. The Balaban J connectivity index is 2.03. The number of hydrogen-bond acceptors (Lipinski definition) is 4. The monoisotopic (exact) mass is 209 g/mol. The van der Waals surface area contributed by atoms with Crippen molar-refractivity contribution in [3.8, 4) is 5.75 Å². The maximum absolute atomic E-state index is 9.54. The molecule has 2 rings (SSSR count). The molecule has 1 heterocycles. The largest absolute Gasteiger partial charge is 0.486 e. The molecule has 1 fully saturated rings. The number of nitrogens with one attached hydrogen (secondary N) is 1. The van der Waals surface area contributed by atoms with Gasteiger partial charge in [0.25, 0.3) is 0 Å². The number of ether oxygens (including phenoxy) is 1. The summed E-state index contributed by atoms with van der Waals surface area (Å²) in [6.45, 7) is 1.23. The normalized spacial score (nSPS) is 25.5. The first-order chi connectivity index (χ1) is 7.29. The Morgan fingerprint density at radius 1 is 1.40 bits per heavy atom. The third kappa shape index (κ3) is 2.47. The topological polar surface area (TPSA) is 61.7 Å². The van der Waals surface area contributed by atoms with Gasteiger partial charge in [0.1, 0.15) is 18.0 Å². The van der Waals surface area contributed by atoms with Crippen LogP contribution >= 0.6 is 0 Å². The van der Waals surface area contributed by atoms with Gasteiger partial charge < -0.3 is 20.3 Å². The van der Waals surface area contributed by atoms with Crippen LogP contribution in [0.1, 0.15) is 5.56 Å². The van der Waals surface area contributed by atoms with Gasteiger partial charge in [-0.25, -0.2) is 0 Å². The maximum atomic E-state index is 9.54. The zero-order chi connectivity index (χ0) is 10.7. The van der Waals surface area contributed by atoms with Crippen LogP contribution in [0.2, 0.25) is 0 Å². The Kier molecular flexibility index (Phi) is 3.20. The fraction of sp³-hybridized carbons (Fsp3) is 0.455. The summed E-state index contributed by atoms with van der Waals surface area (Å²) < 4.78 is 5.61. The Morgan fingerprint density at radius 2 is 2.27 bits per heavy atom. The molecule has 1 saturated heterocycles. The van der Waals surface area contributed by atoms with Gasteiger partial charge in [0.05, 0.1) is 6.61 Å². The SMILES string of the molecule is OCc1cccc(OC2CNCC2O)c1. The summed E-state index contributed by atoms with van der Waals surface area (Å²) in [5.41, 5.74) is 0.813. The molecular weight excluding hydrogens is 194 g/mol. The molecule has 2 atom stereocenters. The lowest BCUT2D eigenvalue weighted by molar-refractivity contribution is 0.0736. The van der Waals surface area contributed by atoms with Gasteiger partial charge in [-0.3, -0.25) is 0 Å². The lowest BCUT2D eigenvalue weighted by Crippen LogP contribution is -2.29. The number of β-amino-alcohol motifs (C(OH)–C–C–N with tert-alkyl or cyclic N) is 1. The van der Waals surface area contributed by atoms with E-state index in [0.717, 1.165) is 5.56 Å². The summed E-state index contributed by atoms with van der Waals surface area (Å²) in [6, 6.07) is 7.26. The van der Waals surface area contributed by atoms with E-state index in [2.05, 4.69) is 5.32 Å². The molecule has 0 saturated carbocycles. The van der Waals surface area contributed by atoms with E-state index in [4.69, 9.17) is 9.84 Å². The first-order valence-corrected chi connectivity index (χ1v) is 5.05. The van der Waals surface area contributed by atoms with Gasteiger partial charge in [0.2, 0.25) is 0 Å². The second-order valence-corrected chi connectivity index (χ2v) is 3.69. The van der Waals surface area contributed by atoms with Crippen molar-refractivity contribution < 1.29 is 14.9 Å². The van der Waals surface area contributed by atoms with Crippen molar-refractivity contribution in [2.75, 3.05) is 13.1 Å². The highest BCUT2D eigenvalue weighted by Gasteiger charge is 2.26. The van der Waals surface area contributed by atoms with Crippen molar-refractivity contribution in [1.82, 2.24) is 5.32 Å². The first kappa shape index (κ1) is 10.4. The summed E-state index contributed by atoms with van der Waals surface area (Å²) in [4.78, 5) is 0. The van der Waals surface area contributed by atoms with Gasteiger partial charge in [-0.15, -0.1) is 0 Å². The maximum Gasteiger partial charge on any atom is 0.138 e. The van der Waals surface area contributed by atoms with Gasteiger partial charge >= 0.3 is 0 Å². The second kappa shape index (κ2) is 4.61. The third-order valence-electron chi connectivity index (χ3n) is 2.50.